The number of aromatic nitrogens is 1. The van der Waals surface area contributed by atoms with Crippen molar-refractivity contribution in [3.8, 4) is 0 Å². The van der Waals surface area contributed by atoms with Gasteiger partial charge in [0.2, 0.25) is 0 Å². The second-order valence-electron chi connectivity index (χ2n) is 3.04. The summed E-state index contributed by atoms with van der Waals surface area (Å²) in [5.41, 5.74) is 3.04. The van der Waals surface area contributed by atoms with Crippen molar-refractivity contribution < 1.29 is 0 Å². The fourth-order valence-corrected chi connectivity index (χ4v) is 3.07. The van der Waals surface area contributed by atoms with E-state index in [9.17, 15) is 0 Å². The first-order valence-corrected chi connectivity index (χ1v) is 6.16. The van der Waals surface area contributed by atoms with Crippen molar-refractivity contribution in [2.75, 3.05) is 0 Å². The molecule has 0 bridgehead atoms. The summed E-state index contributed by atoms with van der Waals surface area (Å²) in [6, 6.07) is 11.9. The Morgan fingerprint density at radius 2 is 2.07 bits per heavy atom. The van der Waals surface area contributed by atoms with Gasteiger partial charge in [-0.1, -0.05) is 0 Å². The molecule has 1 nitrogen and oxygen atoms in total. The molecular weight excluding hydrogens is 440 g/mol. The van der Waals surface area contributed by atoms with Crippen LogP contribution in [0.3, 0.4) is 0 Å². The van der Waals surface area contributed by atoms with Crippen LogP contribution in [0.4, 0.5) is 0 Å². The molecule has 0 aliphatic rings. The van der Waals surface area contributed by atoms with Crippen LogP contribution in [0.5, 0.6) is 0 Å². The maximum atomic E-state index is 4.42. The van der Waals surface area contributed by atoms with Crippen molar-refractivity contribution in [3.05, 3.63) is 35.8 Å². The van der Waals surface area contributed by atoms with Gasteiger partial charge in [0.15, 0.2) is 0 Å². The van der Waals surface area contributed by atoms with Crippen LogP contribution in [0.1, 0.15) is 0 Å². The number of hydrogen-bond acceptors (Lipinski definition) is 2. The fourth-order valence-electron chi connectivity index (χ4n) is 1.61. The Labute approximate surface area is 79.7 Å². The quantitative estimate of drug-likeness (QED) is 0.518. The Balaban J connectivity index is 2.67. The van der Waals surface area contributed by atoms with Gasteiger partial charge in [-0.05, 0) is 0 Å². The van der Waals surface area contributed by atoms with Gasteiger partial charge in [0.1, 0.15) is 0 Å². The molecule has 1 heterocycles. The zero-order chi connectivity index (χ0) is 9.54. The van der Waals surface area contributed by atoms with Crippen molar-refractivity contribution in [1.82, 2.24) is 4.98 Å². The van der Waals surface area contributed by atoms with E-state index in [4.69, 9.17) is 0 Å². The number of benzene rings is 2. The third kappa shape index (κ3) is 0.756. The monoisotopic (exact) mass is 446 g/mol. The molecule has 0 saturated heterocycles. The Kier molecular flexibility index (Phi) is 1.15. The van der Waals surface area contributed by atoms with E-state index in [1.165, 1.54) is 21.5 Å². The number of fused-ring (bicyclic) bond motifs is 3. The molecule has 0 fully saturated rings. The first kappa shape index (κ1) is 7.04. The van der Waals surface area contributed by atoms with E-state index in [0.717, 1.165) is 5.52 Å². The summed E-state index contributed by atoms with van der Waals surface area (Å²) in [6.45, 7) is 0. The first-order chi connectivity index (χ1) is 6.86. The Bertz CT molecular complexity index is 615. The van der Waals surface area contributed by atoms with Gasteiger partial charge in [-0.2, -0.15) is 0 Å². The van der Waals surface area contributed by atoms with E-state index in [-0.39, 0.29) is 0 Å². The molecule has 76 valence electrons. The molecule has 0 spiro atoms. The molecular formula is C11H6LrNS. The molecule has 0 aliphatic carbocycles. The van der Waals surface area contributed by atoms with Gasteiger partial charge in [0.05, 0.1) is 0 Å². The second-order valence-corrected chi connectivity index (χ2v) is 5.08. The SMILES string of the molecule is [Lr][c]1cccc2ccc3scnc3c12. The van der Waals surface area contributed by atoms with Crippen molar-refractivity contribution in [2.24, 2.45) is 0 Å². The molecule has 0 atom stereocenters. The van der Waals surface area contributed by atoms with Crippen molar-refractivity contribution in [1.29, 1.82) is 0 Å². The Morgan fingerprint density at radius 1 is 1.14 bits per heavy atom. The van der Waals surface area contributed by atoms with Gasteiger partial charge in [0, 0.05) is 0 Å². The third-order valence-electron chi connectivity index (χ3n) is 2.24. The summed E-state index contributed by atoms with van der Waals surface area (Å²) in [5, 5.41) is 2.54. The van der Waals surface area contributed by atoms with Gasteiger partial charge < -0.3 is 0 Å². The molecule has 14 heavy (non-hydrogen) atoms. The van der Waals surface area contributed by atoms with Crippen molar-refractivity contribution in [2.45, 2.75) is 0 Å². The average molecular weight is 446 g/mol. The molecule has 3 aromatic rings. The summed E-state index contributed by atoms with van der Waals surface area (Å²) in [7, 11) is 0. The predicted octanol–water partition coefficient (Wildman–Crippen LogP) is 2.62. The van der Waals surface area contributed by atoms with Crippen LogP contribution in [-0.2, 0) is 0 Å². The standard InChI is InChI=1S/C11H6NS.Lr/c1-2-4-9-8(3-1)5-6-10-11(9)12-7-13-10;/h1-3,5-7H;. The second kappa shape index (κ2) is 2.30. The number of rotatable bonds is 0. The Hall–Kier alpha value is -2.41. The normalized spacial score (nSPS) is 11.3. The molecule has 0 radical (unpaired) electrons. The van der Waals surface area contributed by atoms with Crippen LogP contribution in [0.25, 0.3) is 21.0 Å². The molecule has 0 amide bonds. The van der Waals surface area contributed by atoms with Crippen molar-refractivity contribution >= 4 is 38.4 Å². The summed E-state index contributed by atoms with van der Waals surface area (Å²) < 4.78 is 3.83. The molecule has 0 aliphatic heterocycles. The maximum absolute atomic E-state index is 4.42. The van der Waals surface area contributed by atoms with Crippen LogP contribution in [0.15, 0.2) is 35.8 Å². The van der Waals surface area contributed by atoms with Gasteiger partial charge in [-0.3, -0.25) is 0 Å². The minimum absolute atomic E-state index is 1.13. The van der Waals surface area contributed by atoms with E-state index in [2.05, 4.69) is 35.3 Å². The van der Waals surface area contributed by atoms with Crippen molar-refractivity contribution in [3.63, 3.8) is 0 Å². The van der Waals surface area contributed by atoms with E-state index in [1.807, 2.05) is 5.51 Å². The topological polar surface area (TPSA) is 12.9 Å². The number of thiazole rings is 1. The fraction of sp³-hybridized carbons (Fsp3) is 0. The van der Waals surface area contributed by atoms with E-state index in [0.29, 0.717) is 0 Å². The molecule has 1 aromatic heterocycles. The molecule has 3 heteroatoms. The Morgan fingerprint density at radius 3 is 3.00 bits per heavy atom. The third-order valence-corrected chi connectivity index (χ3v) is 3.93. The van der Waals surface area contributed by atoms with Crippen LogP contribution in [0.2, 0.25) is 0 Å². The van der Waals surface area contributed by atoms with E-state index >= 15 is 0 Å². The van der Waals surface area contributed by atoms with Crippen LogP contribution < -0.4 is 6.07 Å². The van der Waals surface area contributed by atoms with E-state index < -0.39 is 0 Å². The molecule has 0 unspecified atom stereocenters. The zero-order valence-corrected chi connectivity index (χ0v) is 10.0. The average Bonchev–Trinajstić information content (AvgIpc) is 2.65. The van der Waals surface area contributed by atoms with Gasteiger partial charge in [0.25, 0.3) is 0 Å². The summed E-state index contributed by atoms with van der Waals surface area (Å²) >= 11 is 1.69. The summed E-state index contributed by atoms with van der Waals surface area (Å²) in [6.07, 6.45) is 0. The van der Waals surface area contributed by atoms with Gasteiger partial charge in [-0.25, -0.2) is 0 Å². The molecule has 2 aromatic carbocycles. The predicted molar refractivity (Wildman–Crippen MR) is 56.8 cm³/mol. The van der Waals surface area contributed by atoms with Crippen LogP contribution in [0, 0.1) is 0 Å². The van der Waals surface area contributed by atoms with E-state index in [1.54, 1.807) is 11.3 Å². The first-order valence-electron chi connectivity index (χ1n) is 4.21. The molecule has 0 N–H and O–H groups in total. The van der Waals surface area contributed by atoms with Gasteiger partial charge >= 0.3 is 79.2 Å². The summed E-state index contributed by atoms with van der Waals surface area (Å²) in [4.78, 5) is 4.42. The zero-order valence-electron chi connectivity index (χ0n) is 7.08. The molecule has 0 saturated carbocycles. The van der Waals surface area contributed by atoms with Crippen LogP contribution >= 0.6 is 11.3 Å². The minimum atomic E-state index is 1.13. The van der Waals surface area contributed by atoms with Crippen LogP contribution in [-0.4, -0.2) is 4.98 Å². The number of hydrogen-bond donors (Lipinski definition) is 0. The van der Waals surface area contributed by atoms with Gasteiger partial charge in [-0.15, -0.1) is 0 Å². The molecule has 3 rings (SSSR count). The summed E-state index contributed by atoms with van der Waals surface area (Å²) in [5.74, 6) is 0. The number of nitrogens with zero attached hydrogens (tertiary/aromatic N) is 1.